The first kappa shape index (κ1) is 16.7. The van der Waals surface area contributed by atoms with Gasteiger partial charge in [-0.2, -0.15) is 0 Å². The lowest BCUT2D eigenvalue weighted by atomic mass is 9.94. The normalized spacial score (nSPS) is 22.9. The molecule has 0 radical (unpaired) electrons. The van der Waals surface area contributed by atoms with Crippen molar-refractivity contribution in [2.45, 2.75) is 31.8 Å². The predicted octanol–water partition coefficient (Wildman–Crippen LogP) is -0.0311. The minimum absolute atomic E-state index is 0.389. The van der Waals surface area contributed by atoms with Gasteiger partial charge in [0, 0.05) is 19.6 Å². The molecule has 0 aromatic carbocycles. The lowest BCUT2D eigenvalue weighted by molar-refractivity contribution is -0.153. The Hall–Kier alpha value is -0.690. The molecular formula is C15H29N3O3. The third-order valence-corrected chi connectivity index (χ3v) is 4.71. The van der Waals surface area contributed by atoms with E-state index in [2.05, 4.69) is 17.1 Å². The van der Waals surface area contributed by atoms with Gasteiger partial charge in [-0.1, -0.05) is 13.3 Å². The number of nitrogens with two attached hydrogens (primary N) is 1. The molecule has 2 saturated heterocycles. The first-order chi connectivity index (χ1) is 10.2. The Morgan fingerprint density at radius 2 is 2.00 bits per heavy atom. The molecule has 0 saturated carbocycles. The Balaban J connectivity index is 1.48. The Morgan fingerprint density at radius 1 is 1.29 bits per heavy atom. The molecule has 0 unspecified atom stereocenters. The summed E-state index contributed by atoms with van der Waals surface area (Å²) >= 11 is 0. The number of hydrogen-bond donors (Lipinski definition) is 2. The van der Waals surface area contributed by atoms with Gasteiger partial charge in [-0.25, -0.2) is 0 Å². The van der Waals surface area contributed by atoms with E-state index < -0.39 is 5.60 Å². The molecule has 21 heavy (non-hydrogen) atoms. The van der Waals surface area contributed by atoms with Gasteiger partial charge in [0.15, 0.2) is 5.60 Å². The zero-order valence-electron chi connectivity index (χ0n) is 13.1. The van der Waals surface area contributed by atoms with E-state index in [0.29, 0.717) is 26.3 Å². The molecule has 6 nitrogen and oxygen atoms in total. The maximum atomic E-state index is 11.3. The standard InChI is InChI=1S/C15H29N3O3/c1-2-13-3-5-18(6-4-13)7-8-20-9-10-21-15(14(16)19)11-17-12-15/h13,17H,2-12H2,1H3,(H2,16,19). The number of nitrogens with one attached hydrogen (secondary N) is 1. The fraction of sp³-hybridized carbons (Fsp3) is 0.933. The van der Waals surface area contributed by atoms with Gasteiger partial charge in [0.2, 0.25) is 0 Å². The number of hydrogen-bond acceptors (Lipinski definition) is 5. The van der Waals surface area contributed by atoms with Crippen molar-refractivity contribution < 1.29 is 14.3 Å². The van der Waals surface area contributed by atoms with Gasteiger partial charge in [0.25, 0.3) is 5.91 Å². The van der Waals surface area contributed by atoms with Crippen molar-refractivity contribution in [3.05, 3.63) is 0 Å². The van der Waals surface area contributed by atoms with Gasteiger partial charge < -0.3 is 25.4 Å². The summed E-state index contributed by atoms with van der Waals surface area (Å²) in [7, 11) is 0. The maximum absolute atomic E-state index is 11.3. The third-order valence-electron chi connectivity index (χ3n) is 4.71. The number of ether oxygens (including phenoxy) is 2. The molecule has 0 aromatic rings. The number of rotatable bonds is 9. The molecule has 2 rings (SSSR count). The van der Waals surface area contributed by atoms with Crippen LogP contribution in [-0.2, 0) is 14.3 Å². The Kier molecular flexibility index (Phi) is 6.41. The van der Waals surface area contributed by atoms with E-state index in [4.69, 9.17) is 15.2 Å². The summed E-state index contributed by atoms with van der Waals surface area (Å²) in [5.41, 5.74) is 4.54. The van der Waals surface area contributed by atoms with Gasteiger partial charge in [-0.05, 0) is 31.8 Å². The molecule has 2 aliphatic rings. The molecule has 0 bridgehead atoms. The van der Waals surface area contributed by atoms with Gasteiger partial charge >= 0.3 is 0 Å². The number of nitrogens with zero attached hydrogens (tertiary/aromatic N) is 1. The maximum Gasteiger partial charge on any atom is 0.252 e. The van der Waals surface area contributed by atoms with Crippen LogP contribution in [0, 0.1) is 5.92 Å². The molecule has 0 aliphatic carbocycles. The molecule has 2 fully saturated rings. The summed E-state index contributed by atoms with van der Waals surface area (Å²) in [6.07, 6.45) is 3.93. The molecular weight excluding hydrogens is 270 g/mol. The van der Waals surface area contributed by atoms with Crippen LogP contribution in [0.5, 0.6) is 0 Å². The lowest BCUT2D eigenvalue weighted by Gasteiger charge is -2.39. The number of piperidine rings is 1. The molecule has 6 heteroatoms. The first-order valence-corrected chi connectivity index (χ1v) is 8.11. The average Bonchev–Trinajstić information content (AvgIpc) is 2.45. The van der Waals surface area contributed by atoms with Crippen LogP contribution in [0.2, 0.25) is 0 Å². The molecule has 2 heterocycles. The number of likely N-dealkylation sites (tertiary alicyclic amines) is 1. The summed E-state index contributed by atoms with van der Waals surface area (Å²) < 4.78 is 11.2. The molecule has 122 valence electrons. The quantitative estimate of drug-likeness (QED) is 0.585. The zero-order chi connectivity index (χ0) is 15.1. The highest BCUT2D eigenvalue weighted by Crippen LogP contribution is 2.19. The smallest absolute Gasteiger partial charge is 0.252 e. The van der Waals surface area contributed by atoms with Gasteiger partial charge in [-0.15, -0.1) is 0 Å². The van der Waals surface area contributed by atoms with Crippen molar-refractivity contribution in [3.8, 4) is 0 Å². The molecule has 0 spiro atoms. The third kappa shape index (κ3) is 4.64. The van der Waals surface area contributed by atoms with Gasteiger partial charge in [0.05, 0.1) is 19.8 Å². The Labute approximate surface area is 127 Å². The second kappa shape index (κ2) is 8.08. The highest BCUT2D eigenvalue weighted by atomic mass is 16.5. The minimum Gasteiger partial charge on any atom is -0.378 e. The van der Waals surface area contributed by atoms with Crippen molar-refractivity contribution in [3.63, 3.8) is 0 Å². The fourth-order valence-corrected chi connectivity index (χ4v) is 2.91. The highest BCUT2D eigenvalue weighted by molar-refractivity contribution is 5.85. The Morgan fingerprint density at radius 3 is 2.52 bits per heavy atom. The highest BCUT2D eigenvalue weighted by Gasteiger charge is 2.43. The fourth-order valence-electron chi connectivity index (χ4n) is 2.91. The van der Waals surface area contributed by atoms with Crippen LogP contribution in [0.25, 0.3) is 0 Å². The SMILES string of the molecule is CCC1CCN(CCOCCOC2(C(N)=O)CNC2)CC1. The van der Waals surface area contributed by atoms with Crippen molar-refractivity contribution in [2.24, 2.45) is 11.7 Å². The molecule has 1 amide bonds. The van der Waals surface area contributed by atoms with E-state index in [-0.39, 0.29) is 5.91 Å². The second-order valence-electron chi connectivity index (χ2n) is 6.12. The number of carbonyl (C=O) groups excluding carboxylic acids is 1. The molecule has 3 N–H and O–H groups in total. The van der Waals surface area contributed by atoms with Crippen LogP contribution in [0.15, 0.2) is 0 Å². The molecule has 0 aromatic heterocycles. The summed E-state index contributed by atoms with van der Waals surface area (Å²) in [5, 5.41) is 3.01. The van der Waals surface area contributed by atoms with Gasteiger partial charge in [-0.3, -0.25) is 4.79 Å². The number of primary amides is 1. The zero-order valence-corrected chi connectivity index (χ0v) is 13.1. The number of amides is 1. The molecule has 0 atom stereocenters. The van der Waals surface area contributed by atoms with Crippen molar-refractivity contribution in [2.75, 3.05) is 52.5 Å². The van der Waals surface area contributed by atoms with Crippen LogP contribution in [0.4, 0.5) is 0 Å². The second-order valence-corrected chi connectivity index (χ2v) is 6.12. The van der Waals surface area contributed by atoms with E-state index in [1.54, 1.807) is 0 Å². The number of carbonyl (C=O) groups is 1. The van der Waals surface area contributed by atoms with E-state index >= 15 is 0 Å². The van der Waals surface area contributed by atoms with Crippen LogP contribution in [-0.4, -0.2) is 69.0 Å². The minimum atomic E-state index is -0.800. The lowest BCUT2D eigenvalue weighted by Crippen LogP contribution is -2.68. The average molecular weight is 299 g/mol. The largest absolute Gasteiger partial charge is 0.378 e. The van der Waals surface area contributed by atoms with Gasteiger partial charge in [0.1, 0.15) is 0 Å². The Bertz CT molecular complexity index is 326. The van der Waals surface area contributed by atoms with Crippen molar-refractivity contribution in [1.29, 1.82) is 0 Å². The van der Waals surface area contributed by atoms with E-state index in [1.807, 2.05) is 0 Å². The summed E-state index contributed by atoms with van der Waals surface area (Å²) in [4.78, 5) is 13.8. The monoisotopic (exact) mass is 299 g/mol. The summed E-state index contributed by atoms with van der Waals surface area (Å²) in [6.45, 7) is 8.32. The van der Waals surface area contributed by atoms with Crippen LogP contribution < -0.4 is 11.1 Å². The summed E-state index contributed by atoms with van der Waals surface area (Å²) in [6, 6.07) is 0. The van der Waals surface area contributed by atoms with Crippen LogP contribution >= 0.6 is 0 Å². The van der Waals surface area contributed by atoms with E-state index in [1.165, 1.54) is 32.4 Å². The van der Waals surface area contributed by atoms with E-state index in [0.717, 1.165) is 19.1 Å². The predicted molar refractivity (Wildman–Crippen MR) is 81.0 cm³/mol. The van der Waals surface area contributed by atoms with Crippen LogP contribution in [0.1, 0.15) is 26.2 Å². The van der Waals surface area contributed by atoms with E-state index in [9.17, 15) is 4.79 Å². The molecule has 2 aliphatic heterocycles. The van der Waals surface area contributed by atoms with Crippen molar-refractivity contribution >= 4 is 5.91 Å². The topological polar surface area (TPSA) is 76.8 Å². The first-order valence-electron chi connectivity index (χ1n) is 8.11. The van der Waals surface area contributed by atoms with Crippen molar-refractivity contribution in [1.82, 2.24) is 10.2 Å². The van der Waals surface area contributed by atoms with Crippen LogP contribution in [0.3, 0.4) is 0 Å². The summed E-state index contributed by atoms with van der Waals surface area (Å²) in [5.74, 6) is 0.525.